The third kappa shape index (κ3) is 4.98. The minimum atomic E-state index is -0.963. The molecule has 1 N–H and O–H groups in total. The molecule has 0 aromatic heterocycles. The fourth-order valence-electron chi connectivity index (χ4n) is 6.95. The molecule has 1 heterocycles. The zero-order valence-electron chi connectivity index (χ0n) is 21.8. The summed E-state index contributed by atoms with van der Waals surface area (Å²) in [5.41, 5.74) is 5.24. The number of benzene rings is 3. The molecule has 0 radical (unpaired) electrons. The van der Waals surface area contributed by atoms with Crippen LogP contribution in [0.2, 0.25) is 0 Å². The van der Waals surface area contributed by atoms with Gasteiger partial charge in [-0.3, -0.25) is 0 Å². The molecule has 1 spiro atoms. The van der Waals surface area contributed by atoms with Crippen molar-refractivity contribution in [1.82, 2.24) is 4.90 Å². The number of ether oxygens (including phenoxy) is 2. The number of carboxylic acids is 1. The van der Waals surface area contributed by atoms with Gasteiger partial charge in [-0.1, -0.05) is 76.6 Å². The number of rotatable bonds is 6. The molecule has 1 atom stereocenters. The molecule has 2 aliphatic carbocycles. The van der Waals surface area contributed by atoms with Crippen LogP contribution in [0.1, 0.15) is 54.7 Å². The first-order valence-electron chi connectivity index (χ1n) is 13.6. The quantitative estimate of drug-likeness (QED) is 0.336. The second-order valence-corrected chi connectivity index (χ2v) is 12.1. The van der Waals surface area contributed by atoms with Crippen LogP contribution in [0.4, 0.5) is 4.79 Å². The summed E-state index contributed by atoms with van der Waals surface area (Å²) < 4.78 is 13.0. The Balaban J connectivity index is 1.10. The van der Waals surface area contributed by atoms with Crippen LogP contribution in [0.15, 0.2) is 77.3 Å². The number of carbonyl (C=O) groups is 2. The van der Waals surface area contributed by atoms with Gasteiger partial charge in [0.1, 0.15) is 13.2 Å². The molecule has 1 aliphatic heterocycles. The molecule has 3 aliphatic rings. The van der Waals surface area contributed by atoms with Gasteiger partial charge >= 0.3 is 12.1 Å². The van der Waals surface area contributed by atoms with Crippen molar-refractivity contribution in [2.45, 2.75) is 43.6 Å². The number of nitrogens with zero attached hydrogens (tertiary/aromatic N) is 1. The molecule has 7 heteroatoms. The number of likely N-dealkylation sites (tertiary alicyclic amines) is 1. The molecule has 202 valence electrons. The molecular formula is C32H32BrNO5. The number of hydrogen-bond donors (Lipinski definition) is 1. The molecule has 1 unspecified atom stereocenters. The van der Waals surface area contributed by atoms with E-state index in [0.29, 0.717) is 19.7 Å². The van der Waals surface area contributed by atoms with Crippen molar-refractivity contribution in [2.75, 3.05) is 26.3 Å². The molecule has 1 amide bonds. The molecule has 0 bridgehead atoms. The first kappa shape index (κ1) is 26.1. The van der Waals surface area contributed by atoms with Crippen molar-refractivity contribution >= 4 is 28.0 Å². The van der Waals surface area contributed by atoms with E-state index in [2.05, 4.69) is 52.3 Å². The summed E-state index contributed by atoms with van der Waals surface area (Å²) in [7, 11) is 0. The molecule has 39 heavy (non-hydrogen) atoms. The van der Waals surface area contributed by atoms with Gasteiger partial charge in [0.15, 0.2) is 0 Å². The predicted molar refractivity (Wildman–Crippen MR) is 152 cm³/mol. The van der Waals surface area contributed by atoms with Gasteiger partial charge in [0.25, 0.3) is 0 Å². The van der Waals surface area contributed by atoms with Crippen molar-refractivity contribution < 1.29 is 24.2 Å². The van der Waals surface area contributed by atoms with Gasteiger partial charge in [-0.05, 0) is 77.5 Å². The van der Waals surface area contributed by atoms with E-state index in [9.17, 15) is 14.7 Å². The highest BCUT2D eigenvalue weighted by atomic mass is 79.9. The van der Waals surface area contributed by atoms with Crippen molar-refractivity contribution in [2.24, 2.45) is 5.41 Å². The van der Waals surface area contributed by atoms with E-state index in [0.717, 1.165) is 42.1 Å². The summed E-state index contributed by atoms with van der Waals surface area (Å²) in [4.78, 5) is 26.4. The molecule has 1 saturated heterocycles. The summed E-state index contributed by atoms with van der Waals surface area (Å²) >= 11 is 3.55. The largest absolute Gasteiger partial charge is 0.480 e. The predicted octanol–water partition coefficient (Wildman–Crippen LogP) is 6.96. The van der Waals surface area contributed by atoms with Crippen LogP contribution < -0.4 is 0 Å². The van der Waals surface area contributed by atoms with Crippen LogP contribution in [-0.4, -0.2) is 48.4 Å². The van der Waals surface area contributed by atoms with E-state index in [1.165, 1.54) is 22.3 Å². The number of amides is 1. The van der Waals surface area contributed by atoms with Crippen LogP contribution in [-0.2, 0) is 19.9 Å². The Labute approximate surface area is 237 Å². The summed E-state index contributed by atoms with van der Waals surface area (Å²) in [6.07, 6.45) is 3.90. The number of carbonyl (C=O) groups excluding carboxylic acids is 1. The summed E-state index contributed by atoms with van der Waals surface area (Å²) in [6.45, 7) is 1.26. The lowest BCUT2D eigenvalue weighted by Gasteiger charge is -2.40. The van der Waals surface area contributed by atoms with E-state index in [1.54, 1.807) is 0 Å². The van der Waals surface area contributed by atoms with Gasteiger partial charge < -0.3 is 19.5 Å². The van der Waals surface area contributed by atoms with E-state index in [-0.39, 0.29) is 24.0 Å². The molecule has 6 rings (SSSR count). The first-order chi connectivity index (χ1) is 18.9. The smallest absolute Gasteiger partial charge is 0.409 e. The maximum atomic E-state index is 13.2. The van der Waals surface area contributed by atoms with Gasteiger partial charge in [0.05, 0.1) is 5.60 Å². The zero-order chi connectivity index (χ0) is 27.0. The molecular weight excluding hydrogens is 558 g/mol. The lowest BCUT2D eigenvalue weighted by Crippen LogP contribution is -2.43. The van der Waals surface area contributed by atoms with Crippen molar-refractivity contribution in [3.63, 3.8) is 0 Å². The normalized spacial score (nSPS) is 21.5. The van der Waals surface area contributed by atoms with Crippen LogP contribution in [0.25, 0.3) is 11.1 Å². The minimum Gasteiger partial charge on any atom is -0.480 e. The van der Waals surface area contributed by atoms with Crippen molar-refractivity contribution in [1.29, 1.82) is 0 Å². The third-order valence-corrected chi connectivity index (χ3v) is 9.45. The van der Waals surface area contributed by atoms with Crippen LogP contribution in [0.3, 0.4) is 0 Å². The lowest BCUT2D eigenvalue weighted by atomic mass is 9.75. The second kappa shape index (κ2) is 10.4. The van der Waals surface area contributed by atoms with Gasteiger partial charge in [0, 0.05) is 23.5 Å². The van der Waals surface area contributed by atoms with Crippen molar-refractivity contribution in [3.8, 4) is 11.1 Å². The minimum absolute atomic E-state index is 0.0148. The Morgan fingerprint density at radius 3 is 2.21 bits per heavy atom. The second-order valence-electron chi connectivity index (χ2n) is 11.2. The van der Waals surface area contributed by atoms with E-state index in [4.69, 9.17) is 9.47 Å². The fourth-order valence-corrected chi connectivity index (χ4v) is 7.35. The zero-order valence-corrected chi connectivity index (χ0v) is 23.4. The van der Waals surface area contributed by atoms with Crippen LogP contribution in [0.5, 0.6) is 0 Å². The summed E-state index contributed by atoms with van der Waals surface area (Å²) in [5.74, 6) is -0.917. The topological polar surface area (TPSA) is 76.1 Å². The number of aliphatic carboxylic acids is 1. The summed E-state index contributed by atoms with van der Waals surface area (Å²) in [5, 5.41) is 9.33. The maximum Gasteiger partial charge on any atom is 0.409 e. The molecule has 1 saturated carbocycles. The highest BCUT2D eigenvalue weighted by Crippen LogP contribution is 2.56. The van der Waals surface area contributed by atoms with E-state index < -0.39 is 11.6 Å². The highest BCUT2D eigenvalue weighted by Gasteiger charge is 2.51. The molecule has 6 nitrogen and oxygen atoms in total. The number of fused-ring (bicyclic) bond motifs is 3. The SMILES string of the molecule is O=C(O)COC1(c2cccc(Br)c2)CCC2(CCN(C(=O)OCC3c4ccccc4-c4ccccc43)CC2)C1. The Bertz CT molecular complexity index is 1350. The molecule has 2 fully saturated rings. The number of piperidine rings is 1. The standard InChI is InChI=1S/C32H32BrNO5/c33-23-7-5-6-22(18-23)32(39-20-29(35)36)13-12-31(21-32)14-16-34(17-15-31)30(37)38-19-28-26-10-3-1-8-24(26)25-9-2-4-11-27(25)28/h1-11,18,28H,12-17,19-21H2,(H,35,36). The van der Waals surface area contributed by atoms with E-state index in [1.807, 2.05) is 41.3 Å². The van der Waals surface area contributed by atoms with Gasteiger partial charge in [-0.15, -0.1) is 0 Å². The third-order valence-electron chi connectivity index (χ3n) is 8.96. The Kier molecular flexibility index (Phi) is 6.98. The maximum absolute atomic E-state index is 13.2. The Morgan fingerprint density at radius 1 is 0.897 bits per heavy atom. The average Bonchev–Trinajstić information content (AvgIpc) is 3.47. The number of halogens is 1. The van der Waals surface area contributed by atoms with Gasteiger partial charge in [-0.25, -0.2) is 9.59 Å². The number of carboxylic acid groups (broad SMARTS) is 1. The van der Waals surface area contributed by atoms with Gasteiger partial charge in [-0.2, -0.15) is 0 Å². The Hall–Kier alpha value is -3.16. The van der Waals surface area contributed by atoms with Crippen molar-refractivity contribution in [3.05, 3.63) is 94.0 Å². The van der Waals surface area contributed by atoms with Gasteiger partial charge in [0.2, 0.25) is 0 Å². The highest BCUT2D eigenvalue weighted by molar-refractivity contribution is 9.10. The fraction of sp³-hybridized carbons (Fsp3) is 0.375. The lowest BCUT2D eigenvalue weighted by molar-refractivity contribution is -0.151. The first-order valence-corrected chi connectivity index (χ1v) is 14.4. The monoisotopic (exact) mass is 589 g/mol. The van der Waals surface area contributed by atoms with Crippen LogP contribution >= 0.6 is 15.9 Å². The average molecular weight is 591 g/mol. The Morgan fingerprint density at radius 2 is 1.56 bits per heavy atom. The van der Waals surface area contributed by atoms with Crippen LogP contribution in [0, 0.1) is 5.41 Å². The van der Waals surface area contributed by atoms with E-state index >= 15 is 0 Å². The molecule has 3 aromatic carbocycles. The number of hydrogen-bond acceptors (Lipinski definition) is 4. The summed E-state index contributed by atoms with van der Waals surface area (Å²) in [6, 6.07) is 24.7. The molecule has 3 aromatic rings.